The number of benzene rings is 2. The van der Waals surface area contributed by atoms with Gasteiger partial charge in [0, 0.05) is 38.9 Å². The van der Waals surface area contributed by atoms with E-state index in [0.717, 1.165) is 15.0 Å². The molecule has 9 heteroatoms. The minimum Gasteiger partial charge on any atom is -0.382 e. The van der Waals surface area contributed by atoms with Crippen LogP contribution in [-0.4, -0.2) is 44.8 Å². The van der Waals surface area contributed by atoms with Gasteiger partial charge in [-0.05, 0) is 23.8 Å². The number of anilines is 1. The maximum absolute atomic E-state index is 12.4. The van der Waals surface area contributed by atoms with Crippen molar-refractivity contribution in [3.05, 3.63) is 59.7 Å². The Kier molecular flexibility index (Phi) is 6.19. The van der Waals surface area contributed by atoms with Crippen molar-refractivity contribution >= 4 is 21.5 Å². The lowest BCUT2D eigenvalue weighted by molar-refractivity contribution is 0.371. The molecule has 0 heterocycles. The first-order valence-corrected chi connectivity index (χ1v) is 9.33. The van der Waals surface area contributed by atoms with E-state index in [9.17, 15) is 8.42 Å². The average Bonchev–Trinajstić information content (AvgIpc) is 2.60. The highest BCUT2D eigenvalue weighted by Gasteiger charge is 2.20. The number of hydrazone groups is 1. The second-order valence-electron chi connectivity index (χ2n) is 5.89. The highest BCUT2D eigenvalue weighted by atomic mass is 32.2. The molecule has 0 saturated carbocycles. The molecule has 0 unspecified atom stereocenters. The van der Waals surface area contributed by atoms with Gasteiger partial charge >= 0.3 is 0 Å². The largest absolute Gasteiger partial charge is 0.382 e. The van der Waals surface area contributed by atoms with Crippen molar-refractivity contribution < 1.29 is 8.42 Å². The van der Waals surface area contributed by atoms with Crippen LogP contribution < -0.4 is 16.9 Å². The zero-order valence-electron chi connectivity index (χ0n) is 15.0. The van der Waals surface area contributed by atoms with Crippen LogP contribution in [0.4, 0.5) is 5.69 Å². The Bertz CT molecular complexity index is 879. The lowest BCUT2D eigenvalue weighted by atomic mass is 10.1. The van der Waals surface area contributed by atoms with Gasteiger partial charge in [0.2, 0.25) is 10.0 Å². The molecule has 26 heavy (non-hydrogen) atoms. The molecule has 0 aliphatic carbocycles. The number of hydrogen-bond donors (Lipinski definition) is 3. The van der Waals surface area contributed by atoms with Crippen LogP contribution in [0.25, 0.3) is 0 Å². The smallest absolute Gasteiger partial charge is 0.242 e. The van der Waals surface area contributed by atoms with Gasteiger partial charge in [-0.25, -0.2) is 23.7 Å². The first-order valence-electron chi connectivity index (χ1n) is 7.89. The van der Waals surface area contributed by atoms with Gasteiger partial charge in [-0.2, -0.15) is 0 Å². The summed E-state index contributed by atoms with van der Waals surface area (Å²) in [5, 5.41) is 8.32. The standard InChI is InChI=1S/C17H24N6O2S/c1-22(2)26(24,25)14-9-10-16(15(11-14)17(18)21-23(3)19)20-12-13-7-5-4-6-8-13/h4-11,20H,12,19H2,1-3H3,(H2,18,21). The van der Waals surface area contributed by atoms with Crippen LogP contribution in [0.1, 0.15) is 11.1 Å². The molecule has 140 valence electrons. The van der Waals surface area contributed by atoms with E-state index in [2.05, 4.69) is 10.4 Å². The normalized spacial score (nSPS) is 12.3. The third-order valence-corrected chi connectivity index (χ3v) is 5.45. The van der Waals surface area contributed by atoms with Crippen LogP contribution in [0.3, 0.4) is 0 Å². The fourth-order valence-corrected chi connectivity index (χ4v) is 3.21. The first kappa shape index (κ1) is 19.7. The number of nitrogens with two attached hydrogens (primary N) is 2. The second-order valence-corrected chi connectivity index (χ2v) is 8.04. The summed E-state index contributed by atoms with van der Waals surface area (Å²) in [6.07, 6.45) is 0. The van der Waals surface area contributed by atoms with Gasteiger partial charge < -0.3 is 11.1 Å². The van der Waals surface area contributed by atoms with Crippen LogP contribution >= 0.6 is 0 Å². The lowest BCUT2D eigenvalue weighted by Crippen LogP contribution is -2.27. The second kappa shape index (κ2) is 8.17. The highest BCUT2D eigenvalue weighted by Crippen LogP contribution is 2.23. The SMILES string of the molecule is CN(N)/N=C(\N)c1cc(S(=O)(=O)N(C)C)ccc1NCc1ccccc1. The number of nitrogens with zero attached hydrogens (tertiary/aromatic N) is 3. The predicted octanol–water partition coefficient (Wildman–Crippen LogP) is 0.975. The van der Waals surface area contributed by atoms with E-state index < -0.39 is 10.0 Å². The molecule has 0 amide bonds. The molecule has 0 radical (unpaired) electrons. The van der Waals surface area contributed by atoms with E-state index in [-0.39, 0.29) is 10.7 Å². The Balaban J connectivity index is 2.43. The monoisotopic (exact) mass is 376 g/mol. The molecule has 5 N–H and O–H groups in total. The zero-order chi connectivity index (χ0) is 19.3. The Hall–Kier alpha value is -2.62. The molecule has 2 aromatic carbocycles. The van der Waals surface area contributed by atoms with E-state index in [1.165, 1.54) is 33.3 Å². The van der Waals surface area contributed by atoms with Gasteiger partial charge in [0.15, 0.2) is 5.84 Å². The minimum absolute atomic E-state index is 0.112. The van der Waals surface area contributed by atoms with Gasteiger partial charge in [-0.3, -0.25) is 0 Å². The van der Waals surface area contributed by atoms with Crippen molar-refractivity contribution in [2.75, 3.05) is 26.5 Å². The average molecular weight is 376 g/mol. The summed E-state index contributed by atoms with van der Waals surface area (Å²) in [4.78, 5) is 0.126. The van der Waals surface area contributed by atoms with Crippen LogP contribution in [0.5, 0.6) is 0 Å². The molecule has 0 fully saturated rings. The Morgan fingerprint density at radius 3 is 2.35 bits per heavy atom. The summed E-state index contributed by atoms with van der Waals surface area (Å²) in [5.74, 6) is 5.65. The zero-order valence-corrected chi connectivity index (χ0v) is 15.9. The molecule has 2 aromatic rings. The molecule has 8 nitrogen and oxygen atoms in total. The van der Waals surface area contributed by atoms with Gasteiger partial charge in [0.25, 0.3) is 0 Å². The molecule has 0 saturated heterocycles. The summed E-state index contributed by atoms with van der Waals surface area (Å²) in [6, 6.07) is 14.5. The topological polar surface area (TPSA) is 117 Å². The van der Waals surface area contributed by atoms with Crippen LogP contribution in [0, 0.1) is 0 Å². The molecule has 2 rings (SSSR count). The fraction of sp³-hybridized carbons (Fsp3) is 0.235. The summed E-state index contributed by atoms with van der Waals surface area (Å²) in [5.41, 5.74) is 8.23. The number of hydrazine groups is 1. The van der Waals surface area contributed by atoms with Crippen molar-refractivity contribution in [2.45, 2.75) is 11.4 Å². The van der Waals surface area contributed by atoms with Crippen molar-refractivity contribution in [2.24, 2.45) is 16.7 Å². The van der Waals surface area contributed by atoms with E-state index >= 15 is 0 Å². The van der Waals surface area contributed by atoms with E-state index in [1.807, 2.05) is 30.3 Å². The molecule has 0 bridgehead atoms. The molecule has 0 aromatic heterocycles. The van der Waals surface area contributed by atoms with Crippen molar-refractivity contribution in [3.63, 3.8) is 0 Å². The Morgan fingerprint density at radius 2 is 1.77 bits per heavy atom. The number of amidine groups is 1. The minimum atomic E-state index is -3.60. The molecule has 0 atom stereocenters. The third-order valence-electron chi connectivity index (χ3n) is 3.64. The van der Waals surface area contributed by atoms with Crippen LogP contribution in [-0.2, 0) is 16.6 Å². The quantitative estimate of drug-likeness (QED) is 0.287. The Morgan fingerprint density at radius 1 is 1.12 bits per heavy atom. The summed E-state index contributed by atoms with van der Waals surface area (Å²) in [7, 11) is 0.885. The summed E-state index contributed by atoms with van der Waals surface area (Å²) >= 11 is 0. The van der Waals surface area contributed by atoms with Gasteiger partial charge in [-0.15, -0.1) is 5.10 Å². The van der Waals surface area contributed by atoms with E-state index in [4.69, 9.17) is 11.6 Å². The van der Waals surface area contributed by atoms with E-state index in [1.54, 1.807) is 6.07 Å². The summed E-state index contributed by atoms with van der Waals surface area (Å²) < 4.78 is 26.0. The molecule has 0 aliphatic rings. The molecular weight excluding hydrogens is 352 g/mol. The van der Waals surface area contributed by atoms with E-state index in [0.29, 0.717) is 17.8 Å². The fourth-order valence-electron chi connectivity index (χ4n) is 2.28. The van der Waals surface area contributed by atoms with Crippen molar-refractivity contribution in [1.82, 2.24) is 9.42 Å². The predicted molar refractivity (Wildman–Crippen MR) is 104 cm³/mol. The lowest BCUT2D eigenvalue weighted by Gasteiger charge is -2.17. The van der Waals surface area contributed by atoms with Gasteiger partial charge in [0.05, 0.1) is 4.90 Å². The van der Waals surface area contributed by atoms with Crippen molar-refractivity contribution in [3.8, 4) is 0 Å². The van der Waals surface area contributed by atoms with Crippen LogP contribution in [0.2, 0.25) is 0 Å². The maximum atomic E-state index is 12.4. The van der Waals surface area contributed by atoms with Crippen molar-refractivity contribution in [1.29, 1.82) is 0 Å². The van der Waals surface area contributed by atoms with Gasteiger partial charge in [-0.1, -0.05) is 30.3 Å². The number of rotatable bonds is 7. The molecular formula is C17H24N6O2S. The maximum Gasteiger partial charge on any atom is 0.242 e. The van der Waals surface area contributed by atoms with Gasteiger partial charge in [0.1, 0.15) is 0 Å². The third kappa shape index (κ3) is 4.72. The Labute approximate surface area is 154 Å². The number of hydrogen-bond acceptors (Lipinski definition) is 6. The molecule has 0 aliphatic heterocycles. The first-order chi connectivity index (χ1) is 12.2. The highest BCUT2D eigenvalue weighted by molar-refractivity contribution is 7.89. The molecule has 0 spiro atoms. The number of sulfonamides is 1. The summed E-state index contributed by atoms with van der Waals surface area (Å²) in [6.45, 7) is 0.555. The number of nitrogens with one attached hydrogen (secondary N) is 1. The van der Waals surface area contributed by atoms with Crippen LogP contribution in [0.15, 0.2) is 58.5 Å².